The smallest absolute Gasteiger partial charge is 0.165 e. The van der Waals surface area contributed by atoms with Crippen molar-refractivity contribution in [2.75, 3.05) is 19.0 Å². The number of aryl methyl sites for hydroxylation is 1. The number of benzene rings is 3. The lowest BCUT2D eigenvalue weighted by molar-refractivity contribution is -0.114. The first kappa shape index (κ1) is 45.5. The average Bonchev–Trinajstić information content (AvgIpc) is 3.86. The van der Waals surface area contributed by atoms with Crippen LogP contribution in [0.25, 0.3) is 0 Å². The number of aliphatic hydroxyl groups excluding tert-OH is 3. The van der Waals surface area contributed by atoms with Gasteiger partial charge < -0.3 is 46.7 Å². The number of hydrogen-bond donors (Lipinski definition) is 8. The molecule has 13 heteroatoms. The van der Waals surface area contributed by atoms with Crippen molar-refractivity contribution in [3.8, 4) is 29.1 Å². The highest BCUT2D eigenvalue weighted by Gasteiger charge is 2.42. The number of aromatic nitrogens is 1. The predicted molar refractivity (Wildman–Crippen MR) is 244 cm³/mol. The number of phenols is 2. The molecule has 1 aromatic heterocycles. The highest BCUT2D eigenvalue weighted by atomic mass is 33.1. The predicted octanol–water partition coefficient (Wildman–Crippen LogP) is 6.90. The number of H-pyrrole nitrogens is 1. The zero-order chi connectivity index (χ0) is 43.8. The van der Waals surface area contributed by atoms with Crippen LogP contribution >= 0.6 is 21.6 Å². The third kappa shape index (κ3) is 11.2. The van der Waals surface area contributed by atoms with E-state index in [1.54, 1.807) is 64.2 Å². The molecule has 10 N–H and O–H groups in total. The summed E-state index contributed by atoms with van der Waals surface area (Å²) in [5.74, 6) is 7.42. The molecule has 1 fully saturated rings. The molecule has 3 aromatic carbocycles. The van der Waals surface area contributed by atoms with E-state index in [1.165, 1.54) is 0 Å². The molecule has 4 aromatic rings. The monoisotopic (exact) mass is 879 g/mol. The molecule has 2 aliphatic carbocycles. The normalized spacial score (nSPS) is 22.7. The Bertz CT molecular complexity index is 2330. The van der Waals surface area contributed by atoms with Crippen molar-refractivity contribution in [3.05, 3.63) is 123 Å². The molecular weight excluding hydrogens is 823 g/mol. The number of aromatic amines is 1. The summed E-state index contributed by atoms with van der Waals surface area (Å²) in [5.41, 5.74) is 19.1. The number of phenolic OH excluding ortho intramolecular Hbond substituents is 2. The minimum absolute atomic E-state index is 0.0166. The van der Waals surface area contributed by atoms with E-state index in [9.17, 15) is 35.1 Å². The van der Waals surface area contributed by atoms with E-state index in [4.69, 9.17) is 16.2 Å². The number of ketones is 2. The number of aromatic hydroxyl groups is 2. The number of Topliss-reactive ketones (excluding diaryl/α,β-unsaturated/α-hetero) is 1. The number of nitrogens with two attached hydrogens (primary N) is 2. The van der Waals surface area contributed by atoms with Gasteiger partial charge in [-0.15, -0.1) is 0 Å². The number of fused-ring (bicyclic) bond motifs is 9. The topological polar surface area (TPSA) is 212 Å². The SMILES string of the molecule is NC(N)c1cc2c3cc1CSSCC1CC(CCCCC(O)CO)(C=CC(=O)CCc4ccc(O)c(c4)OCCc4ccc(O)c(c4)C3CC(=O)c3cc[nH]c3CC#C2)CC1O. The van der Waals surface area contributed by atoms with E-state index in [0.29, 0.717) is 78.9 Å². The number of unbranched alkanes of at least 4 members (excludes halogenated alkanes) is 1. The minimum atomic E-state index is -0.800. The molecule has 7 rings (SSSR count). The van der Waals surface area contributed by atoms with E-state index in [2.05, 4.69) is 16.8 Å². The summed E-state index contributed by atoms with van der Waals surface area (Å²) in [7, 11) is 3.30. The van der Waals surface area contributed by atoms with Crippen molar-refractivity contribution in [2.24, 2.45) is 22.8 Å². The summed E-state index contributed by atoms with van der Waals surface area (Å²) >= 11 is 0. The fourth-order valence-corrected chi connectivity index (χ4v) is 11.6. The van der Waals surface area contributed by atoms with Gasteiger partial charge in [-0.3, -0.25) is 9.59 Å². The molecule has 0 spiro atoms. The Labute approximate surface area is 371 Å². The molecule has 62 heavy (non-hydrogen) atoms. The van der Waals surface area contributed by atoms with Gasteiger partial charge in [-0.05, 0) is 108 Å². The zero-order valence-electron chi connectivity index (χ0n) is 34.9. The van der Waals surface area contributed by atoms with Crippen LogP contribution in [0.1, 0.15) is 118 Å². The van der Waals surface area contributed by atoms with Gasteiger partial charge in [0, 0.05) is 65.3 Å². The summed E-state index contributed by atoms with van der Waals surface area (Å²) in [6.45, 7) is -0.0689. The van der Waals surface area contributed by atoms with Gasteiger partial charge in [-0.1, -0.05) is 76.6 Å². The molecule has 0 amide bonds. The number of rotatable bonds is 7. The van der Waals surface area contributed by atoms with E-state index in [1.807, 2.05) is 30.3 Å². The Kier molecular flexibility index (Phi) is 15.2. The van der Waals surface area contributed by atoms with E-state index < -0.39 is 29.7 Å². The van der Waals surface area contributed by atoms with Crippen LogP contribution in [0.15, 0.2) is 72.9 Å². The van der Waals surface area contributed by atoms with Crippen LogP contribution in [0.4, 0.5) is 0 Å². The van der Waals surface area contributed by atoms with Crippen molar-refractivity contribution in [2.45, 2.75) is 101 Å². The van der Waals surface area contributed by atoms with Crippen LogP contribution in [0.3, 0.4) is 0 Å². The Morgan fingerprint density at radius 2 is 1.74 bits per heavy atom. The third-order valence-electron chi connectivity index (χ3n) is 12.6. The van der Waals surface area contributed by atoms with E-state index >= 15 is 0 Å². The molecule has 1 aliphatic heterocycles. The van der Waals surface area contributed by atoms with Gasteiger partial charge in [0.2, 0.25) is 0 Å². The maximum Gasteiger partial charge on any atom is 0.165 e. The fourth-order valence-electron chi connectivity index (χ4n) is 9.11. The summed E-state index contributed by atoms with van der Waals surface area (Å²) < 4.78 is 6.11. The van der Waals surface area contributed by atoms with Crippen molar-refractivity contribution in [1.82, 2.24) is 4.98 Å². The summed E-state index contributed by atoms with van der Waals surface area (Å²) in [4.78, 5) is 30.6. The molecule has 8 bridgehead atoms. The van der Waals surface area contributed by atoms with Crippen LogP contribution in [0.5, 0.6) is 17.2 Å². The van der Waals surface area contributed by atoms with Gasteiger partial charge in [-0.25, -0.2) is 0 Å². The Balaban J connectivity index is 1.24. The van der Waals surface area contributed by atoms with Gasteiger partial charge in [-0.2, -0.15) is 0 Å². The quantitative estimate of drug-likeness (QED) is 0.0413. The highest BCUT2D eigenvalue weighted by molar-refractivity contribution is 8.76. The first-order valence-corrected chi connectivity index (χ1v) is 24.0. The van der Waals surface area contributed by atoms with E-state index in [0.717, 1.165) is 46.4 Å². The number of nitrogens with one attached hydrogen (secondary N) is 1. The lowest BCUT2D eigenvalue weighted by Gasteiger charge is -2.26. The number of carbonyl (C=O) groups excluding carboxylic acids is 2. The number of carbonyl (C=O) groups is 2. The number of allylic oxidation sites excluding steroid dienone is 2. The van der Waals surface area contributed by atoms with Gasteiger partial charge >= 0.3 is 0 Å². The van der Waals surface area contributed by atoms with Crippen LogP contribution in [-0.2, 0) is 29.8 Å². The van der Waals surface area contributed by atoms with E-state index in [-0.39, 0.29) is 55.0 Å². The largest absolute Gasteiger partial charge is 0.508 e. The lowest BCUT2D eigenvalue weighted by atomic mass is 9.79. The molecule has 0 radical (unpaired) electrons. The summed E-state index contributed by atoms with van der Waals surface area (Å²) in [5, 5.41) is 52.9. The molecule has 328 valence electrons. The van der Waals surface area contributed by atoms with Crippen molar-refractivity contribution >= 4 is 33.2 Å². The van der Waals surface area contributed by atoms with Crippen molar-refractivity contribution in [1.29, 1.82) is 0 Å². The maximum atomic E-state index is 14.1. The lowest BCUT2D eigenvalue weighted by Crippen LogP contribution is -2.22. The molecule has 5 atom stereocenters. The Hall–Kier alpha value is -4.52. The first-order chi connectivity index (χ1) is 29.9. The standard InChI is InChI=1S/C49H57N3O8S2/c50-48(51)39-22-32-4-3-6-42-37(14-18-52-42)45(58)24-40-38(32)23-33(39)28-61-62-29-34-25-49(26-46(34)59,16-2-1-5-36(55)27-53)17-13-35(54)10-7-30-9-12-44(57)47(21-30)60-19-15-31-8-11-43(56)41(40)20-31/h8-9,11-14,17-18,20-23,34,36,40,46,48,52-53,55-57,59H,1-2,5-7,10,15-16,19,24-29,50-51H2. The number of hydrogen-bond acceptors (Lipinski definition) is 12. The maximum absolute atomic E-state index is 14.1. The molecule has 5 unspecified atom stereocenters. The average molecular weight is 880 g/mol. The molecule has 2 heterocycles. The molecule has 1 saturated carbocycles. The summed E-state index contributed by atoms with van der Waals surface area (Å²) in [6, 6.07) is 16.2. The molecule has 0 saturated heterocycles. The van der Waals surface area contributed by atoms with Crippen LogP contribution in [0.2, 0.25) is 0 Å². The van der Waals surface area contributed by atoms with Gasteiger partial charge in [0.25, 0.3) is 0 Å². The van der Waals surface area contributed by atoms with Crippen LogP contribution in [-0.4, -0.2) is 73.3 Å². The van der Waals surface area contributed by atoms with Gasteiger partial charge in [0.05, 0.1) is 38.0 Å². The number of aliphatic hydroxyl groups is 3. The molecular formula is C49H57N3O8S2. The molecule has 3 aliphatic rings. The van der Waals surface area contributed by atoms with Gasteiger partial charge in [0.1, 0.15) is 5.75 Å². The van der Waals surface area contributed by atoms with Crippen molar-refractivity contribution < 1.29 is 39.9 Å². The van der Waals surface area contributed by atoms with Gasteiger partial charge in [0.15, 0.2) is 23.1 Å². The Morgan fingerprint density at radius 1 is 0.935 bits per heavy atom. The first-order valence-electron chi connectivity index (χ1n) is 21.5. The summed E-state index contributed by atoms with van der Waals surface area (Å²) in [6.07, 6.45) is 8.76. The molecule has 11 nitrogen and oxygen atoms in total. The zero-order valence-corrected chi connectivity index (χ0v) is 36.5. The van der Waals surface area contributed by atoms with Crippen LogP contribution < -0.4 is 16.2 Å². The second kappa shape index (κ2) is 20.8. The second-order valence-corrected chi connectivity index (χ2v) is 19.5. The fraction of sp³-hybridized carbons (Fsp3) is 0.429. The highest BCUT2D eigenvalue weighted by Crippen LogP contribution is 2.49. The van der Waals surface area contributed by atoms with Crippen LogP contribution in [0, 0.1) is 23.2 Å². The van der Waals surface area contributed by atoms with Crippen molar-refractivity contribution in [3.63, 3.8) is 0 Å². The minimum Gasteiger partial charge on any atom is -0.508 e. The number of ether oxygens (including phenoxy) is 1. The third-order valence-corrected chi connectivity index (χ3v) is 15.0. The second-order valence-electron chi connectivity index (χ2n) is 17.0. The Morgan fingerprint density at radius 3 is 2.55 bits per heavy atom.